The molecule has 21 heavy (non-hydrogen) atoms. The fraction of sp³-hybridized carbons (Fsp3) is 0.786. The monoisotopic (exact) mass is 305 g/mol. The summed E-state index contributed by atoms with van der Waals surface area (Å²) >= 11 is 0. The van der Waals surface area contributed by atoms with E-state index in [9.17, 15) is 13.2 Å². The molecule has 1 aliphatic rings. The molecule has 0 aliphatic carbocycles. The maximum Gasteiger partial charge on any atom is 0.435 e. The summed E-state index contributed by atoms with van der Waals surface area (Å²) in [5.41, 5.74) is -0.160. The van der Waals surface area contributed by atoms with E-state index in [0.29, 0.717) is 12.2 Å². The fourth-order valence-corrected chi connectivity index (χ4v) is 2.80. The first-order valence-corrected chi connectivity index (χ1v) is 7.32. The molecule has 1 N–H and O–H groups in total. The predicted molar refractivity (Wildman–Crippen MR) is 73.1 cm³/mol. The van der Waals surface area contributed by atoms with E-state index in [4.69, 9.17) is 5.11 Å². The van der Waals surface area contributed by atoms with Gasteiger partial charge in [-0.25, -0.2) is 0 Å². The van der Waals surface area contributed by atoms with E-state index < -0.39 is 11.9 Å². The highest BCUT2D eigenvalue weighted by atomic mass is 19.4. The van der Waals surface area contributed by atoms with Crippen molar-refractivity contribution in [1.82, 2.24) is 14.7 Å². The molecule has 0 aromatic carbocycles. The third-order valence-electron chi connectivity index (χ3n) is 3.97. The predicted octanol–water partition coefficient (Wildman–Crippen LogP) is 2.65. The Hall–Kier alpha value is -1.08. The number of piperidine rings is 1. The molecule has 120 valence electrons. The summed E-state index contributed by atoms with van der Waals surface area (Å²) in [5.74, 6) is 0.00377. The molecule has 1 aliphatic heterocycles. The lowest BCUT2D eigenvalue weighted by molar-refractivity contribution is -0.141. The largest absolute Gasteiger partial charge is 0.435 e. The summed E-state index contributed by atoms with van der Waals surface area (Å²) in [6.07, 6.45) is -2.87. The van der Waals surface area contributed by atoms with Crippen LogP contribution in [0.4, 0.5) is 13.2 Å². The van der Waals surface area contributed by atoms with Crippen LogP contribution in [0, 0.1) is 0 Å². The van der Waals surface area contributed by atoms with E-state index in [2.05, 4.69) is 10.00 Å². The van der Waals surface area contributed by atoms with Crippen molar-refractivity contribution < 1.29 is 18.3 Å². The Balaban J connectivity index is 2.17. The standard InChI is InChI=1S/C14H22F3N3O/c1-10(2)12-9-13(14(15,16)17)18-20(12)11-3-5-19(6-4-11)7-8-21/h9-11,21H,3-8H2,1-2H3. The molecule has 4 nitrogen and oxygen atoms in total. The molecule has 2 heterocycles. The molecule has 0 radical (unpaired) electrons. The van der Waals surface area contributed by atoms with E-state index in [1.165, 1.54) is 6.07 Å². The molecule has 1 saturated heterocycles. The molecule has 2 rings (SSSR count). The molecular formula is C14H22F3N3O. The second kappa shape index (κ2) is 6.36. The number of aliphatic hydroxyl groups is 1. The zero-order chi connectivity index (χ0) is 15.6. The van der Waals surface area contributed by atoms with Crippen molar-refractivity contribution in [2.24, 2.45) is 0 Å². The number of hydrogen-bond acceptors (Lipinski definition) is 3. The van der Waals surface area contributed by atoms with Gasteiger partial charge in [-0.05, 0) is 24.8 Å². The Morgan fingerprint density at radius 3 is 2.43 bits per heavy atom. The summed E-state index contributed by atoms with van der Waals surface area (Å²) in [6.45, 7) is 6.07. The summed E-state index contributed by atoms with van der Waals surface area (Å²) in [6, 6.07) is 1.18. The Morgan fingerprint density at radius 2 is 1.95 bits per heavy atom. The first-order valence-electron chi connectivity index (χ1n) is 7.32. The Bertz CT molecular complexity index is 463. The van der Waals surface area contributed by atoms with Gasteiger partial charge in [-0.1, -0.05) is 13.8 Å². The molecule has 1 aromatic rings. The number of alkyl halides is 3. The van der Waals surface area contributed by atoms with Gasteiger partial charge in [-0.3, -0.25) is 4.68 Å². The van der Waals surface area contributed by atoms with Gasteiger partial charge in [-0.2, -0.15) is 18.3 Å². The van der Waals surface area contributed by atoms with Crippen LogP contribution in [0.15, 0.2) is 6.07 Å². The summed E-state index contributed by atoms with van der Waals surface area (Å²) in [5, 5.41) is 12.7. The number of β-amino-alcohol motifs (C(OH)–C–C–N with tert-alkyl or cyclic N) is 1. The molecule has 0 atom stereocenters. The van der Waals surface area contributed by atoms with Gasteiger partial charge >= 0.3 is 6.18 Å². The maximum absolute atomic E-state index is 12.9. The second-order valence-electron chi connectivity index (χ2n) is 5.85. The highest BCUT2D eigenvalue weighted by molar-refractivity contribution is 5.17. The molecule has 0 unspecified atom stereocenters. The van der Waals surface area contributed by atoms with Gasteiger partial charge in [0.05, 0.1) is 12.6 Å². The minimum atomic E-state index is -4.40. The van der Waals surface area contributed by atoms with E-state index in [1.54, 1.807) is 4.68 Å². The third kappa shape index (κ3) is 3.77. The molecule has 0 bridgehead atoms. The highest BCUT2D eigenvalue weighted by Gasteiger charge is 2.36. The van der Waals surface area contributed by atoms with Gasteiger partial charge in [0, 0.05) is 25.3 Å². The quantitative estimate of drug-likeness (QED) is 0.930. The van der Waals surface area contributed by atoms with E-state index in [0.717, 1.165) is 25.9 Å². The van der Waals surface area contributed by atoms with E-state index >= 15 is 0 Å². The van der Waals surface area contributed by atoms with Crippen LogP contribution < -0.4 is 0 Å². The number of aromatic nitrogens is 2. The normalized spacial score (nSPS) is 18.6. The molecule has 7 heteroatoms. The lowest BCUT2D eigenvalue weighted by Crippen LogP contribution is -2.37. The first kappa shape index (κ1) is 16.3. The van der Waals surface area contributed by atoms with E-state index in [1.807, 2.05) is 13.8 Å². The van der Waals surface area contributed by atoms with Gasteiger partial charge in [0.15, 0.2) is 5.69 Å². The third-order valence-corrected chi connectivity index (χ3v) is 3.97. The van der Waals surface area contributed by atoms with E-state index in [-0.39, 0.29) is 18.6 Å². The molecule has 1 aromatic heterocycles. The molecule has 0 amide bonds. The topological polar surface area (TPSA) is 41.3 Å². The number of hydrogen-bond donors (Lipinski definition) is 1. The minimum absolute atomic E-state index is 0.00377. The first-order chi connectivity index (χ1) is 9.82. The number of rotatable bonds is 4. The van der Waals surface area contributed by atoms with Crippen molar-refractivity contribution in [1.29, 1.82) is 0 Å². The Labute approximate surface area is 122 Å². The smallest absolute Gasteiger partial charge is 0.395 e. The van der Waals surface area contributed by atoms with Crippen LogP contribution >= 0.6 is 0 Å². The number of nitrogens with zero attached hydrogens (tertiary/aromatic N) is 3. The molecule has 0 saturated carbocycles. The van der Waals surface area contributed by atoms with Crippen molar-refractivity contribution in [2.45, 2.75) is 44.8 Å². The van der Waals surface area contributed by atoms with Crippen LogP contribution in [0.5, 0.6) is 0 Å². The van der Waals surface area contributed by atoms with Gasteiger partial charge in [0.1, 0.15) is 0 Å². The van der Waals surface area contributed by atoms with Crippen LogP contribution in [0.3, 0.4) is 0 Å². The molecular weight excluding hydrogens is 283 g/mol. The van der Waals surface area contributed by atoms with Crippen molar-refractivity contribution in [3.63, 3.8) is 0 Å². The fourth-order valence-electron chi connectivity index (χ4n) is 2.80. The molecule has 1 fully saturated rings. The average Bonchev–Trinajstić information content (AvgIpc) is 2.85. The van der Waals surface area contributed by atoms with Crippen LogP contribution in [-0.2, 0) is 6.18 Å². The van der Waals surface area contributed by atoms with Gasteiger partial charge < -0.3 is 10.0 Å². The van der Waals surface area contributed by atoms with Crippen LogP contribution in [0.2, 0.25) is 0 Å². The summed E-state index contributed by atoms with van der Waals surface area (Å²) in [7, 11) is 0. The lowest BCUT2D eigenvalue weighted by Gasteiger charge is -2.32. The van der Waals surface area contributed by atoms with Crippen molar-refractivity contribution >= 4 is 0 Å². The highest BCUT2D eigenvalue weighted by Crippen LogP contribution is 2.33. The number of aliphatic hydroxyl groups excluding tert-OH is 1. The SMILES string of the molecule is CC(C)c1cc(C(F)(F)F)nn1C1CCN(CCO)CC1. The van der Waals surface area contributed by atoms with Crippen molar-refractivity contribution in [2.75, 3.05) is 26.2 Å². The second-order valence-corrected chi connectivity index (χ2v) is 5.85. The van der Waals surface area contributed by atoms with Crippen molar-refractivity contribution in [3.05, 3.63) is 17.5 Å². The summed E-state index contributed by atoms with van der Waals surface area (Å²) in [4.78, 5) is 2.12. The lowest BCUT2D eigenvalue weighted by atomic mass is 10.0. The minimum Gasteiger partial charge on any atom is -0.395 e. The zero-order valence-corrected chi connectivity index (χ0v) is 12.4. The zero-order valence-electron chi connectivity index (χ0n) is 12.4. The Kier molecular flexibility index (Phi) is 4.93. The van der Waals surface area contributed by atoms with Gasteiger partial charge in [0.2, 0.25) is 0 Å². The maximum atomic E-state index is 12.9. The number of halogens is 3. The van der Waals surface area contributed by atoms with Crippen molar-refractivity contribution in [3.8, 4) is 0 Å². The van der Waals surface area contributed by atoms with Gasteiger partial charge in [-0.15, -0.1) is 0 Å². The van der Waals surface area contributed by atoms with Crippen LogP contribution in [0.25, 0.3) is 0 Å². The summed E-state index contributed by atoms with van der Waals surface area (Å²) < 4.78 is 40.2. The van der Waals surface area contributed by atoms with Crippen LogP contribution in [-0.4, -0.2) is 46.0 Å². The van der Waals surface area contributed by atoms with Gasteiger partial charge in [0.25, 0.3) is 0 Å². The average molecular weight is 305 g/mol. The van der Waals surface area contributed by atoms with Crippen LogP contribution in [0.1, 0.15) is 50.0 Å². The number of likely N-dealkylation sites (tertiary alicyclic amines) is 1. The molecule has 0 spiro atoms. The Morgan fingerprint density at radius 1 is 1.33 bits per heavy atom.